The Morgan fingerprint density at radius 3 is 2.94 bits per heavy atom. The van der Waals surface area contributed by atoms with Gasteiger partial charge in [-0.15, -0.1) is 10.2 Å². The van der Waals surface area contributed by atoms with Gasteiger partial charge in [0.25, 0.3) is 0 Å². The molecule has 2 unspecified atom stereocenters. The molecule has 2 rings (SSSR count). The molecule has 1 fully saturated rings. The summed E-state index contributed by atoms with van der Waals surface area (Å²) in [6.45, 7) is 3.89. The van der Waals surface area contributed by atoms with Gasteiger partial charge >= 0.3 is 0 Å². The number of aliphatic hydroxyl groups is 1. The van der Waals surface area contributed by atoms with Crippen molar-refractivity contribution < 1.29 is 14.6 Å². The molecule has 6 nitrogen and oxygen atoms in total. The Kier molecular flexibility index (Phi) is 4.09. The van der Waals surface area contributed by atoms with Crippen molar-refractivity contribution in [2.24, 2.45) is 0 Å². The molecule has 2 heterocycles. The summed E-state index contributed by atoms with van der Waals surface area (Å²) in [7, 11) is 1.66. The fraction of sp³-hybridized carbons (Fsp3) is 0.818. The third-order valence-corrected chi connectivity index (χ3v) is 3.08. The van der Waals surface area contributed by atoms with Gasteiger partial charge in [-0.05, 0) is 13.3 Å². The first-order valence-electron chi connectivity index (χ1n) is 5.89. The first-order valence-corrected chi connectivity index (χ1v) is 5.89. The van der Waals surface area contributed by atoms with Crippen molar-refractivity contribution in [3.63, 3.8) is 0 Å². The van der Waals surface area contributed by atoms with Gasteiger partial charge in [-0.2, -0.15) is 0 Å². The van der Waals surface area contributed by atoms with Crippen molar-refractivity contribution in [2.75, 3.05) is 20.3 Å². The quantitative estimate of drug-likeness (QED) is 0.803. The average Bonchev–Trinajstić information content (AvgIpc) is 2.91. The lowest BCUT2D eigenvalue weighted by Gasteiger charge is -2.12. The normalized spacial score (nSPS) is 24.4. The highest BCUT2D eigenvalue weighted by atomic mass is 16.5. The van der Waals surface area contributed by atoms with E-state index < -0.39 is 0 Å². The highest BCUT2D eigenvalue weighted by Gasteiger charge is 2.28. The maximum absolute atomic E-state index is 9.23. The Bertz CT molecular complexity index is 367. The lowest BCUT2D eigenvalue weighted by Crippen LogP contribution is -2.15. The van der Waals surface area contributed by atoms with Crippen LogP contribution in [0.4, 0.5) is 0 Å². The monoisotopic (exact) mass is 241 g/mol. The molecule has 0 bridgehead atoms. The van der Waals surface area contributed by atoms with E-state index in [1.165, 1.54) is 0 Å². The summed E-state index contributed by atoms with van der Waals surface area (Å²) >= 11 is 0. The van der Waals surface area contributed by atoms with E-state index in [1.54, 1.807) is 7.11 Å². The molecule has 1 aliphatic heterocycles. The Labute approximate surface area is 101 Å². The molecule has 0 amide bonds. The van der Waals surface area contributed by atoms with Crippen LogP contribution in [-0.2, 0) is 22.6 Å². The summed E-state index contributed by atoms with van der Waals surface area (Å²) in [5.41, 5.74) is 0. The number of hydrogen-bond acceptors (Lipinski definition) is 5. The Morgan fingerprint density at radius 2 is 2.35 bits per heavy atom. The molecule has 0 aliphatic carbocycles. The Balaban J connectivity index is 2.17. The van der Waals surface area contributed by atoms with E-state index in [1.807, 2.05) is 4.57 Å². The van der Waals surface area contributed by atoms with Crippen LogP contribution in [0.25, 0.3) is 0 Å². The molecule has 1 aromatic heterocycles. The van der Waals surface area contributed by atoms with Crippen LogP contribution in [0, 0.1) is 0 Å². The maximum Gasteiger partial charge on any atom is 0.158 e. The van der Waals surface area contributed by atoms with Gasteiger partial charge in [-0.25, -0.2) is 0 Å². The topological polar surface area (TPSA) is 69.4 Å². The van der Waals surface area contributed by atoms with Gasteiger partial charge in [-0.3, -0.25) is 0 Å². The van der Waals surface area contributed by atoms with Crippen LogP contribution in [-0.4, -0.2) is 46.3 Å². The van der Waals surface area contributed by atoms with Crippen LogP contribution in [0.3, 0.4) is 0 Å². The van der Waals surface area contributed by atoms with Crippen molar-refractivity contribution in [1.29, 1.82) is 0 Å². The van der Waals surface area contributed by atoms with E-state index in [-0.39, 0.29) is 18.6 Å². The second-order valence-electron chi connectivity index (χ2n) is 4.35. The summed E-state index contributed by atoms with van der Waals surface area (Å²) in [4.78, 5) is 0. The first kappa shape index (κ1) is 12.5. The van der Waals surface area contributed by atoms with Crippen LogP contribution in [0.2, 0.25) is 0 Å². The largest absolute Gasteiger partial charge is 0.388 e. The molecular formula is C11H19N3O3. The molecule has 0 spiro atoms. The molecule has 0 aromatic carbocycles. The SMILES string of the molecule is COCCn1c(CO)nnc1C1COC(C)C1. The van der Waals surface area contributed by atoms with Gasteiger partial charge in [0.15, 0.2) is 5.82 Å². The second kappa shape index (κ2) is 5.57. The first-order chi connectivity index (χ1) is 8.26. The number of aromatic nitrogens is 3. The van der Waals surface area contributed by atoms with E-state index in [2.05, 4.69) is 17.1 Å². The van der Waals surface area contributed by atoms with Crippen LogP contribution in [0.5, 0.6) is 0 Å². The van der Waals surface area contributed by atoms with E-state index in [9.17, 15) is 5.11 Å². The minimum atomic E-state index is -0.0974. The number of ether oxygens (including phenoxy) is 2. The number of nitrogens with zero attached hydrogens (tertiary/aromatic N) is 3. The van der Waals surface area contributed by atoms with E-state index in [0.717, 1.165) is 12.2 Å². The van der Waals surface area contributed by atoms with Crippen molar-refractivity contribution in [2.45, 2.75) is 38.5 Å². The van der Waals surface area contributed by atoms with Crippen molar-refractivity contribution in [3.05, 3.63) is 11.6 Å². The minimum Gasteiger partial charge on any atom is -0.388 e. The summed E-state index contributed by atoms with van der Waals surface area (Å²) in [5, 5.41) is 17.4. The predicted molar refractivity (Wildman–Crippen MR) is 60.6 cm³/mol. The zero-order valence-electron chi connectivity index (χ0n) is 10.3. The summed E-state index contributed by atoms with van der Waals surface area (Å²) in [5.74, 6) is 1.77. The fourth-order valence-electron chi connectivity index (χ4n) is 2.19. The zero-order valence-corrected chi connectivity index (χ0v) is 10.3. The highest BCUT2D eigenvalue weighted by Crippen LogP contribution is 2.28. The molecule has 1 aromatic rings. The van der Waals surface area contributed by atoms with E-state index in [4.69, 9.17) is 9.47 Å². The van der Waals surface area contributed by atoms with Crippen LogP contribution in [0.1, 0.15) is 30.9 Å². The van der Waals surface area contributed by atoms with Crippen LogP contribution >= 0.6 is 0 Å². The molecule has 1 aliphatic rings. The van der Waals surface area contributed by atoms with Crippen molar-refractivity contribution in [1.82, 2.24) is 14.8 Å². The van der Waals surface area contributed by atoms with Gasteiger partial charge in [0.1, 0.15) is 12.4 Å². The molecule has 17 heavy (non-hydrogen) atoms. The van der Waals surface area contributed by atoms with Crippen molar-refractivity contribution >= 4 is 0 Å². The van der Waals surface area contributed by atoms with Gasteiger partial charge in [0, 0.05) is 19.6 Å². The minimum absolute atomic E-state index is 0.0974. The molecule has 0 radical (unpaired) electrons. The van der Waals surface area contributed by atoms with Crippen LogP contribution < -0.4 is 0 Å². The summed E-state index contributed by atoms with van der Waals surface area (Å²) in [6, 6.07) is 0. The average molecular weight is 241 g/mol. The van der Waals surface area contributed by atoms with E-state index in [0.29, 0.717) is 25.6 Å². The third-order valence-electron chi connectivity index (χ3n) is 3.08. The maximum atomic E-state index is 9.23. The Hall–Kier alpha value is -0.980. The van der Waals surface area contributed by atoms with Crippen LogP contribution in [0.15, 0.2) is 0 Å². The van der Waals surface area contributed by atoms with Gasteiger partial charge in [0.05, 0.1) is 19.3 Å². The summed E-state index contributed by atoms with van der Waals surface area (Å²) in [6.07, 6.45) is 1.22. The fourth-order valence-corrected chi connectivity index (χ4v) is 2.19. The van der Waals surface area contributed by atoms with Gasteiger partial charge < -0.3 is 19.1 Å². The highest BCUT2D eigenvalue weighted by molar-refractivity contribution is 5.04. The standard InChI is InChI=1S/C11H19N3O3/c1-8-5-9(7-17-8)11-13-12-10(6-15)14(11)3-4-16-2/h8-9,15H,3-7H2,1-2H3. The summed E-state index contributed by atoms with van der Waals surface area (Å²) < 4.78 is 12.6. The predicted octanol–water partition coefficient (Wildman–Crippen LogP) is 0.309. The van der Waals surface area contributed by atoms with Gasteiger partial charge in [0.2, 0.25) is 0 Å². The zero-order chi connectivity index (χ0) is 12.3. The molecule has 0 saturated carbocycles. The molecule has 1 N–H and O–H groups in total. The van der Waals surface area contributed by atoms with E-state index >= 15 is 0 Å². The molecular weight excluding hydrogens is 222 g/mol. The van der Waals surface area contributed by atoms with Crippen molar-refractivity contribution in [3.8, 4) is 0 Å². The second-order valence-corrected chi connectivity index (χ2v) is 4.35. The van der Waals surface area contributed by atoms with Gasteiger partial charge in [-0.1, -0.05) is 0 Å². The molecule has 6 heteroatoms. The molecule has 2 atom stereocenters. The lowest BCUT2D eigenvalue weighted by molar-refractivity contribution is 0.123. The number of aliphatic hydroxyl groups excluding tert-OH is 1. The third kappa shape index (κ3) is 2.65. The smallest absolute Gasteiger partial charge is 0.158 e. The molecule has 1 saturated heterocycles. The Morgan fingerprint density at radius 1 is 1.53 bits per heavy atom. The number of hydrogen-bond donors (Lipinski definition) is 1. The molecule has 96 valence electrons. The lowest BCUT2D eigenvalue weighted by atomic mass is 10.1. The number of rotatable bonds is 5. The number of methoxy groups -OCH3 is 1.